The van der Waals surface area contributed by atoms with Gasteiger partial charge >= 0.3 is 6.09 Å². The van der Waals surface area contributed by atoms with Crippen molar-refractivity contribution in [3.05, 3.63) is 10.5 Å². The first-order valence-electron chi connectivity index (χ1n) is 8.64. The Hall–Kier alpha value is -1.34. The zero-order chi connectivity index (χ0) is 18.4. The van der Waals surface area contributed by atoms with E-state index in [0.29, 0.717) is 21.8 Å². The number of nitrogens with one attached hydrogen (secondary N) is 2. The van der Waals surface area contributed by atoms with Gasteiger partial charge in [-0.25, -0.2) is 9.78 Å². The fraction of sp³-hybridized carbons (Fsp3) is 0.706. The third-order valence-corrected chi connectivity index (χ3v) is 5.04. The van der Waals surface area contributed by atoms with Gasteiger partial charge in [0.15, 0.2) is 5.13 Å². The maximum Gasteiger partial charge on any atom is 0.408 e. The predicted molar refractivity (Wildman–Crippen MR) is 100 cm³/mol. The van der Waals surface area contributed by atoms with Gasteiger partial charge in [0.05, 0.1) is 6.20 Å². The van der Waals surface area contributed by atoms with E-state index in [1.54, 1.807) is 20.8 Å². The fourth-order valence-corrected chi connectivity index (χ4v) is 3.76. The minimum atomic E-state index is -0.652. The van der Waals surface area contributed by atoms with Gasteiger partial charge < -0.3 is 15.4 Å². The Kier molecular flexibility index (Phi) is 7.07. The molecule has 8 heteroatoms. The monoisotopic (exact) mass is 387 g/mol. The first-order valence-corrected chi connectivity index (χ1v) is 9.84. The summed E-state index contributed by atoms with van der Waals surface area (Å²) in [6.07, 6.45) is 7.27. The minimum absolute atomic E-state index is 0.289. The molecule has 2 rings (SSSR count). The largest absolute Gasteiger partial charge is 0.444 e. The smallest absolute Gasteiger partial charge is 0.408 e. The summed E-state index contributed by atoms with van der Waals surface area (Å²) >= 11 is 7.04. The van der Waals surface area contributed by atoms with Crippen LogP contribution in [0.4, 0.5) is 9.93 Å². The van der Waals surface area contributed by atoms with E-state index in [1.165, 1.54) is 36.8 Å². The summed E-state index contributed by atoms with van der Waals surface area (Å²) < 4.78 is 5.80. The minimum Gasteiger partial charge on any atom is -0.444 e. The van der Waals surface area contributed by atoms with Gasteiger partial charge in [-0.2, -0.15) is 0 Å². The lowest BCUT2D eigenvalue weighted by molar-refractivity contribution is -0.118. The summed E-state index contributed by atoms with van der Waals surface area (Å²) in [6, 6.07) is -0.652. The predicted octanol–water partition coefficient (Wildman–Crippen LogP) is 4.60. The highest BCUT2D eigenvalue weighted by Gasteiger charge is 2.28. The molecule has 1 atom stereocenters. The summed E-state index contributed by atoms with van der Waals surface area (Å²) in [6.45, 7) is 5.38. The van der Waals surface area contributed by atoms with Crippen molar-refractivity contribution in [2.75, 3.05) is 5.32 Å². The molecule has 1 heterocycles. The topological polar surface area (TPSA) is 80.3 Å². The Morgan fingerprint density at radius 2 is 2.04 bits per heavy atom. The number of carbonyl (C=O) groups is 2. The zero-order valence-corrected chi connectivity index (χ0v) is 16.5. The van der Waals surface area contributed by atoms with E-state index in [1.807, 2.05) is 0 Å². The van der Waals surface area contributed by atoms with E-state index in [4.69, 9.17) is 16.3 Å². The van der Waals surface area contributed by atoms with Crippen LogP contribution in [0.2, 0.25) is 4.34 Å². The number of hydrogen-bond acceptors (Lipinski definition) is 5. The van der Waals surface area contributed by atoms with Crippen molar-refractivity contribution < 1.29 is 14.3 Å². The highest BCUT2D eigenvalue weighted by atomic mass is 35.5. The molecule has 2 N–H and O–H groups in total. The number of alkyl carbamates (subject to hydrolysis) is 1. The number of anilines is 1. The van der Waals surface area contributed by atoms with Gasteiger partial charge in [-0.1, -0.05) is 55.0 Å². The molecule has 1 saturated carbocycles. The number of nitrogens with zero attached hydrogens (tertiary/aromatic N) is 1. The second-order valence-electron chi connectivity index (χ2n) is 7.40. The third-order valence-electron chi connectivity index (χ3n) is 4.01. The summed E-state index contributed by atoms with van der Waals surface area (Å²) in [7, 11) is 0. The summed E-state index contributed by atoms with van der Waals surface area (Å²) in [5.74, 6) is 0.141. The summed E-state index contributed by atoms with van der Waals surface area (Å²) in [5.41, 5.74) is -0.612. The van der Waals surface area contributed by atoms with Crippen molar-refractivity contribution in [1.29, 1.82) is 0 Å². The summed E-state index contributed by atoms with van der Waals surface area (Å²) in [5, 5.41) is 5.88. The average molecular weight is 388 g/mol. The highest BCUT2D eigenvalue weighted by molar-refractivity contribution is 7.19. The van der Waals surface area contributed by atoms with Gasteiger partial charge in [0.25, 0.3) is 0 Å². The van der Waals surface area contributed by atoms with Crippen LogP contribution in [-0.4, -0.2) is 28.6 Å². The van der Waals surface area contributed by atoms with E-state index in [9.17, 15) is 9.59 Å². The van der Waals surface area contributed by atoms with Crippen LogP contribution < -0.4 is 10.6 Å². The second-order valence-corrected chi connectivity index (χ2v) is 9.06. The van der Waals surface area contributed by atoms with Gasteiger partial charge in [-0.3, -0.25) is 4.79 Å². The first kappa shape index (κ1) is 20.0. The van der Waals surface area contributed by atoms with Crippen molar-refractivity contribution in [3.63, 3.8) is 0 Å². The third kappa shape index (κ3) is 7.20. The van der Waals surface area contributed by atoms with Crippen LogP contribution in [0.5, 0.6) is 0 Å². The van der Waals surface area contributed by atoms with Crippen LogP contribution in [0, 0.1) is 5.92 Å². The molecule has 1 aromatic heterocycles. The maximum absolute atomic E-state index is 12.6. The second kappa shape index (κ2) is 8.85. The molecular weight excluding hydrogens is 362 g/mol. The van der Waals surface area contributed by atoms with E-state index < -0.39 is 17.7 Å². The van der Waals surface area contributed by atoms with Gasteiger partial charge in [0.1, 0.15) is 16.0 Å². The van der Waals surface area contributed by atoms with Gasteiger partial charge in [0, 0.05) is 0 Å². The van der Waals surface area contributed by atoms with E-state index in [-0.39, 0.29) is 5.91 Å². The molecule has 0 spiro atoms. The molecule has 0 saturated heterocycles. The molecule has 0 bridgehead atoms. The van der Waals surface area contributed by atoms with Crippen LogP contribution in [0.3, 0.4) is 0 Å². The molecule has 0 aromatic carbocycles. The Morgan fingerprint density at radius 1 is 1.36 bits per heavy atom. The van der Waals surface area contributed by atoms with Crippen LogP contribution in [0.15, 0.2) is 6.20 Å². The van der Waals surface area contributed by atoms with Crippen molar-refractivity contribution in [3.8, 4) is 0 Å². The first-order chi connectivity index (χ1) is 11.7. The average Bonchev–Trinajstić information content (AvgIpc) is 2.91. The van der Waals surface area contributed by atoms with Crippen molar-refractivity contribution in [2.45, 2.75) is 70.9 Å². The summed E-state index contributed by atoms with van der Waals surface area (Å²) in [4.78, 5) is 28.8. The number of ether oxygens (including phenoxy) is 1. The number of rotatable bonds is 5. The normalized spacial score (nSPS) is 17.0. The Morgan fingerprint density at radius 3 is 2.60 bits per heavy atom. The molecular formula is C17H26ClN3O3S. The molecule has 0 aliphatic heterocycles. The van der Waals surface area contributed by atoms with Gasteiger partial charge in [0.2, 0.25) is 5.91 Å². The maximum atomic E-state index is 12.6. The van der Waals surface area contributed by atoms with Crippen molar-refractivity contribution >= 4 is 40.1 Å². The molecule has 1 aliphatic rings. The number of hydrogen-bond donors (Lipinski definition) is 2. The standard InChI is InChI=1S/C17H26ClN3O3S/c1-17(2,3)24-16(23)20-12(9-11-7-5-4-6-8-11)14(22)21-15-19-10-13(18)25-15/h10-12H,4-9H2,1-3H3,(H,20,23)(H,19,21,22). The molecule has 0 radical (unpaired) electrons. The molecule has 1 unspecified atom stereocenters. The number of aromatic nitrogens is 1. The van der Waals surface area contributed by atoms with Crippen LogP contribution in [-0.2, 0) is 9.53 Å². The fourth-order valence-electron chi connectivity index (χ4n) is 2.94. The Balaban J connectivity index is 2.01. The quantitative estimate of drug-likeness (QED) is 0.773. The molecule has 1 fully saturated rings. The van der Waals surface area contributed by atoms with Crippen LogP contribution in [0.1, 0.15) is 59.3 Å². The van der Waals surface area contributed by atoms with E-state index >= 15 is 0 Å². The lowest BCUT2D eigenvalue weighted by atomic mass is 9.84. The molecule has 25 heavy (non-hydrogen) atoms. The molecule has 2 amide bonds. The molecule has 6 nitrogen and oxygen atoms in total. The van der Waals surface area contributed by atoms with Crippen molar-refractivity contribution in [2.24, 2.45) is 5.92 Å². The number of thiazole rings is 1. The lowest BCUT2D eigenvalue weighted by Gasteiger charge is -2.27. The number of halogens is 1. The SMILES string of the molecule is CC(C)(C)OC(=O)NC(CC1CCCCC1)C(=O)Nc1ncc(Cl)s1. The van der Waals surface area contributed by atoms with Gasteiger partial charge in [-0.15, -0.1) is 0 Å². The van der Waals surface area contributed by atoms with Crippen molar-refractivity contribution in [1.82, 2.24) is 10.3 Å². The van der Waals surface area contributed by atoms with E-state index in [0.717, 1.165) is 12.8 Å². The molecule has 1 aromatic rings. The van der Waals surface area contributed by atoms with E-state index in [2.05, 4.69) is 15.6 Å². The highest BCUT2D eigenvalue weighted by Crippen LogP contribution is 2.28. The number of amides is 2. The Labute approximate surface area is 157 Å². The number of carbonyl (C=O) groups excluding carboxylic acids is 2. The lowest BCUT2D eigenvalue weighted by Crippen LogP contribution is -2.46. The zero-order valence-electron chi connectivity index (χ0n) is 14.9. The molecule has 140 valence electrons. The molecule has 1 aliphatic carbocycles. The Bertz CT molecular complexity index is 594. The van der Waals surface area contributed by atoms with Crippen LogP contribution >= 0.6 is 22.9 Å². The van der Waals surface area contributed by atoms with Crippen LogP contribution in [0.25, 0.3) is 0 Å². The van der Waals surface area contributed by atoms with Gasteiger partial charge in [-0.05, 0) is 33.1 Å².